The van der Waals surface area contributed by atoms with E-state index in [-0.39, 0.29) is 17.4 Å². The van der Waals surface area contributed by atoms with E-state index in [2.05, 4.69) is 0 Å². The molecule has 2 saturated heterocycles. The largest absolute Gasteiger partial charge is 0.508 e. The van der Waals surface area contributed by atoms with E-state index in [4.69, 9.17) is 4.74 Å². The summed E-state index contributed by atoms with van der Waals surface area (Å²) in [4.78, 5) is 13.5. The van der Waals surface area contributed by atoms with Crippen LogP contribution in [-0.2, 0) is 4.74 Å². The van der Waals surface area contributed by atoms with Gasteiger partial charge in [0, 0.05) is 11.8 Å². The molecule has 0 aromatic heterocycles. The van der Waals surface area contributed by atoms with Gasteiger partial charge in [-0.25, -0.2) is 4.79 Å². The zero-order valence-electron chi connectivity index (χ0n) is 9.26. The molecule has 4 nitrogen and oxygen atoms in total. The minimum Gasteiger partial charge on any atom is -0.508 e. The zero-order chi connectivity index (χ0) is 11.9. The van der Waals surface area contributed by atoms with Crippen LogP contribution in [0.1, 0.15) is 6.42 Å². The summed E-state index contributed by atoms with van der Waals surface area (Å²) in [5, 5.41) is 9.43. The lowest BCUT2D eigenvalue weighted by Crippen LogP contribution is -2.34. The predicted octanol–water partition coefficient (Wildman–Crippen LogP) is 2.22. The van der Waals surface area contributed by atoms with Crippen LogP contribution >= 0.6 is 11.8 Å². The molecule has 3 rings (SSSR count). The van der Waals surface area contributed by atoms with Gasteiger partial charge in [-0.15, -0.1) is 0 Å². The molecule has 1 amide bonds. The first-order chi connectivity index (χ1) is 8.19. The zero-order valence-corrected chi connectivity index (χ0v) is 10.1. The molecule has 0 radical (unpaired) electrons. The number of hydrogen-bond acceptors (Lipinski definition) is 4. The molecule has 2 heterocycles. The van der Waals surface area contributed by atoms with Crippen LogP contribution in [0, 0.1) is 0 Å². The van der Waals surface area contributed by atoms with Crippen LogP contribution in [0.25, 0.3) is 0 Å². The summed E-state index contributed by atoms with van der Waals surface area (Å²) < 4.78 is 5.50. The SMILES string of the molecule is O=C1OC2(CCSC2)CN1c1cccc(O)c1. The van der Waals surface area contributed by atoms with Crippen molar-refractivity contribution in [3.05, 3.63) is 24.3 Å². The number of ether oxygens (including phenoxy) is 1. The van der Waals surface area contributed by atoms with Gasteiger partial charge in [0.05, 0.1) is 12.2 Å². The minimum atomic E-state index is -0.312. The number of hydrogen-bond donors (Lipinski definition) is 1. The van der Waals surface area contributed by atoms with Crippen LogP contribution in [0.5, 0.6) is 5.75 Å². The first-order valence-corrected chi connectivity index (χ1v) is 6.71. The number of phenolic OH excluding ortho intramolecular Hbond substituents is 1. The number of aromatic hydroxyl groups is 1. The standard InChI is InChI=1S/C12H13NO3S/c14-10-3-1-2-9(6-10)13-7-12(16-11(13)15)4-5-17-8-12/h1-3,6,14H,4-5,7-8H2. The number of rotatable bonds is 1. The van der Waals surface area contributed by atoms with Gasteiger partial charge in [-0.05, 0) is 24.3 Å². The van der Waals surface area contributed by atoms with Crippen LogP contribution in [0.3, 0.4) is 0 Å². The van der Waals surface area contributed by atoms with E-state index >= 15 is 0 Å². The first-order valence-electron chi connectivity index (χ1n) is 5.56. The topological polar surface area (TPSA) is 49.8 Å². The van der Waals surface area contributed by atoms with Gasteiger partial charge in [0.1, 0.15) is 11.4 Å². The molecule has 17 heavy (non-hydrogen) atoms. The fourth-order valence-corrected chi connectivity index (χ4v) is 3.60. The van der Waals surface area contributed by atoms with Crippen molar-refractivity contribution in [2.45, 2.75) is 12.0 Å². The Bertz CT molecular complexity index is 457. The highest BCUT2D eigenvalue weighted by molar-refractivity contribution is 7.99. The Labute approximate surface area is 104 Å². The molecule has 5 heteroatoms. The second-order valence-corrected chi connectivity index (χ2v) is 5.56. The van der Waals surface area contributed by atoms with Crippen molar-refractivity contribution >= 4 is 23.5 Å². The maximum Gasteiger partial charge on any atom is 0.415 e. The number of carbonyl (C=O) groups excluding carboxylic acids is 1. The van der Waals surface area contributed by atoms with Crippen molar-refractivity contribution in [1.82, 2.24) is 0 Å². The first kappa shape index (κ1) is 10.8. The van der Waals surface area contributed by atoms with Crippen LogP contribution in [0.15, 0.2) is 24.3 Å². The summed E-state index contributed by atoms with van der Waals surface area (Å²) in [7, 11) is 0. The number of benzene rings is 1. The lowest BCUT2D eigenvalue weighted by atomic mass is 10.0. The molecule has 0 bridgehead atoms. The van der Waals surface area contributed by atoms with Crippen LogP contribution < -0.4 is 4.90 Å². The molecule has 90 valence electrons. The number of carbonyl (C=O) groups is 1. The molecule has 1 unspecified atom stereocenters. The van der Waals surface area contributed by atoms with Gasteiger partial charge in [0.15, 0.2) is 0 Å². The molecular weight excluding hydrogens is 238 g/mol. The smallest absolute Gasteiger partial charge is 0.415 e. The highest BCUT2D eigenvalue weighted by Crippen LogP contribution is 2.38. The Morgan fingerprint density at radius 2 is 2.35 bits per heavy atom. The third kappa shape index (κ3) is 1.84. The fourth-order valence-electron chi connectivity index (χ4n) is 2.28. The van der Waals surface area contributed by atoms with Gasteiger partial charge in [-0.2, -0.15) is 11.8 Å². The Morgan fingerprint density at radius 1 is 1.47 bits per heavy atom. The molecule has 1 spiro atoms. The van der Waals surface area contributed by atoms with Gasteiger partial charge >= 0.3 is 6.09 Å². The van der Waals surface area contributed by atoms with Gasteiger partial charge in [0.25, 0.3) is 0 Å². The number of anilines is 1. The second kappa shape index (κ2) is 3.84. The fraction of sp³-hybridized carbons (Fsp3) is 0.417. The highest BCUT2D eigenvalue weighted by Gasteiger charge is 2.47. The van der Waals surface area contributed by atoms with Gasteiger partial charge < -0.3 is 9.84 Å². The second-order valence-electron chi connectivity index (χ2n) is 4.46. The maximum atomic E-state index is 11.9. The van der Waals surface area contributed by atoms with Crippen molar-refractivity contribution < 1.29 is 14.6 Å². The van der Waals surface area contributed by atoms with E-state index in [9.17, 15) is 9.90 Å². The molecule has 1 aromatic rings. The van der Waals surface area contributed by atoms with E-state index in [1.807, 2.05) is 17.8 Å². The van der Waals surface area contributed by atoms with Crippen LogP contribution in [0.2, 0.25) is 0 Å². The van der Waals surface area contributed by atoms with Crippen molar-refractivity contribution in [2.75, 3.05) is 23.0 Å². The third-order valence-corrected chi connectivity index (χ3v) is 4.40. The molecule has 2 aliphatic heterocycles. The number of phenols is 1. The monoisotopic (exact) mass is 251 g/mol. The van der Waals surface area contributed by atoms with Crippen molar-refractivity contribution in [1.29, 1.82) is 0 Å². The van der Waals surface area contributed by atoms with Gasteiger partial charge in [0.2, 0.25) is 0 Å². The predicted molar refractivity (Wildman–Crippen MR) is 66.6 cm³/mol. The molecule has 1 N–H and O–H groups in total. The van der Waals surface area contributed by atoms with Gasteiger partial charge in [-0.1, -0.05) is 6.07 Å². The summed E-state index contributed by atoms with van der Waals surface area (Å²) in [5.41, 5.74) is 0.386. The van der Waals surface area contributed by atoms with E-state index in [1.165, 1.54) is 0 Å². The maximum absolute atomic E-state index is 11.9. The number of amides is 1. The van der Waals surface area contributed by atoms with E-state index in [0.29, 0.717) is 12.2 Å². The molecule has 1 aromatic carbocycles. The highest BCUT2D eigenvalue weighted by atomic mass is 32.2. The molecule has 1 atom stereocenters. The number of thioether (sulfide) groups is 1. The normalized spacial score (nSPS) is 27.8. The molecule has 0 aliphatic carbocycles. The van der Waals surface area contributed by atoms with Crippen molar-refractivity contribution in [3.8, 4) is 5.75 Å². The quantitative estimate of drug-likeness (QED) is 0.831. The lowest BCUT2D eigenvalue weighted by molar-refractivity contribution is 0.0782. The summed E-state index contributed by atoms with van der Waals surface area (Å²) >= 11 is 1.82. The molecule has 2 fully saturated rings. The summed E-state index contributed by atoms with van der Waals surface area (Å²) in [5.74, 6) is 2.08. The van der Waals surface area contributed by atoms with Gasteiger partial charge in [-0.3, -0.25) is 4.90 Å². The minimum absolute atomic E-state index is 0.164. The Morgan fingerprint density at radius 3 is 3.06 bits per heavy atom. The summed E-state index contributed by atoms with van der Waals surface area (Å²) in [6.45, 7) is 0.586. The average Bonchev–Trinajstić information content (AvgIpc) is 2.87. The van der Waals surface area contributed by atoms with Crippen molar-refractivity contribution in [2.24, 2.45) is 0 Å². The number of nitrogens with zero attached hydrogens (tertiary/aromatic N) is 1. The van der Waals surface area contributed by atoms with E-state index in [1.54, 1.807) is 23.1 Å². The Hall–Kier alpha value is -1.36. The third-order valence-electron chi connectivity index (χ3n) is 3.18. The van der Waals surface area contributed by atoms with Crippen molar-refractivity contribution in [3.63, 3.8) is 0 Å². The van der Waals surface area contributed by atoms with E-state index < -0.39 is 0 Å². The molecule has 0 saturated carbocycles. The Kier molecular flexibility index (Phi) is 2.43. The van der Waals surface area contributed by atoms with E-state index in [0.717, 1.165) is 17.9 Å². The summed E-state index contributed by atoms with van der Waals surface area (Å²) in [6.07, 6.45) is 0.608. The summed E-state index contributed by atoms with van der Waals surface area (Å²) in [6, 6.07) is 6.71. The van der Waals surface area contributed by atoms with Crippen LogP contribution in [-0.4, -0.2) is 34.9 Å². The Balaban J connectivity index is 1.87. The molecular formula is C12H13NO3S. The average molecular weight is 251 g/mol. The lowest BCUT2D eigenvalue weighted by Gasteiger charge is -2.19. The molecule has 2 aliphatic rings. The van der Waals surface area contributed by atoms with Crippen LogP contribution in [0.4, 0.5) is 10.5 Å².